The van der Waals surface area contributed by atoms with Gasteiger partial charge in [-0.1, -0.05) is 39.7 Å². The predicted octanol–water partition coefficient (Wildman–Crippen LogP) is 3.16. The molecule has 1 amide bonds. The monoisotopic (exact) mass is 416 g/mol. The molecule has 5 nitrogen and oxygen atoms in total. The van der Waals surface area contributed by atoms with Crippen molar-refractivity contribution in [3.8, 4) is 0 Å². The second kappa shape index (κ2) is 7.92. The fourth-order valence-electron chi connectivity index (χ4n) is 1.76. The third kappa shape index (κ3) is 6.31. The molecular weight excluding hydrogens is 404 g/mol. The van der Waals surface area contributed by atoms with Gasteiger partial charge in [-0.3, -0.25) is 4.79 Å². The summed E-state index contributed by atoms with van der Waals surface area (Å²) in [5.41, 5.74) is 1.19. The molecular formula is C15H14BrClN2O3S. The summed E-state index contributed by atoms with van der Waals surface area (Å²) in [5.74, 6) is -0.638. The largest absolute Gasteiger partial charge is 0.325 e. The number of amides is 1. The van der Waals surface area contributed by atoms with Gasteiger partial charge in [0.15, 0.2) is 0 Å². The number of halogens is 2. The van der Waals surface area contributed by atoms with Gasteiger partial charge in [-0.05, 0) is 42.0 Å². The molecule has 2 N–H and O–H groups in total. The fourth-order valence-corrected chi connectivity index (χ4v) is 3.24. The lowest BCUT2D eigenvalue weighted by molar-refractivity contribution is -0.115. The van der Waals surface area contributed by atoms with E-state index in [1.54, 1.807) is 48.5 Å². The molecule has 0 aromatic heterocycles. The zero-order valence-electron chi connectivity index (χ0n) is 11.9. The Hall–Kier alpha value is -1.41. The smallest absolute Gasteiger partial charge is 0.239 e. The number of carbonyl (C=O) groups is 1. The maximum Gasteiger partial charge on any atom is 0.239 e. The van der Waals surface area contributed by atoms with Crippen LogP contribution in [-0.2, 0) is 20.6 Å². The molecule has 0 saturated heterocycles. The van der Waals surface area contributed by atoms with Gasteiger partial charge in [0.25, 0.3) is 0 Å². The predicted molar refractivity (Wildman–Crippen MR) is 94.9 cm³/mol. The van der Waals surface area contributed by atoms with Crippen LogP contribution in [0.25, 0.3) is 0 Å². The second-order valence-corrected chi connectivity index (χ2v) is 7.92. The Labute approximate surface area is 148 Å². The molecule has 0 spiro atoms. The first-order chi connectivity index (χ1) is 10.8. The van der Waals surface area contributed by atoms with Crippen molar-refractivity contribution in [2.24, 2.45) is 0 Å². The van der Waals surface area contributed by atoms with E-state index in [9.17, 15) is 13.2 Å². The van der Waals surface area contributed by atoms with E-state index in [1.165, 1.54) is 0 Å². The van der Waals surface area contributed by atoms with Gasteiger partial charge in [-0.25, -0.2) is 13.1 Å². The Morgan fingerprint density at radius 3 is 2.26 bits per heavy atom. The fraction of sp³-hybridized carbons (Fsp3) is 0.133. The number of nitrogens with one attached hydrogen (secondary N) is 2. The quantitative estimate of drug-likeness (QED) is 0.758. The second-order valence-electron chi connectivity index (χ2n) is 4.76. The van der Waals surface area contributed by atoms with Crippen molar-refractivity contribution in [1.82, 2.24) is 4.72 Å². The SMILES string of the molecule is O=C(CNS(=O)(=O)Cc1ccc(Br)cc1)Nc1ccc(Cl)cc1. The number of hydrogen-bond acceptors (Lipinski definition) is 3. The highest BCUT2D eigenvalue weighted by atomic mass is 79.9. The Morgan fingerprint density at radius 1 is 1.04 bits per heavy atom. The van der Waals surface area contributed by atoms with E-state index in [1.807, 2.05) is 0 Å². The third-order valence-corrected chi connectivity index (χ3v) is 4.93. The van der Waals surface area contributed by atoms with Crippen molar-refractivity contribution < 1.29 is 13.2 Å². The Morgan fingerprint density at radius 2 is 1.65 bits per heavy atom. The van der Waals surface area contributed by atoms with Gasteiger partial charge in [-0.15, -0.1) is 0 Å². The summed E-state index contributed by atoms with van der Waals surface area (Å²) in [6, 6.07) is 13.5. The minimum absolute atomic E-state index is 0.186. The number of sulfonamides is 1. The van der Waals surface area contributed by atoms with Crippen molar-refractivity contribution >= 4 is 49.1 Å². The Bertz CT molecular complexity index is 777. The lowest BCUT2D eigenvalue weighted by Gasteiger charge is -2.08. The van der Waals surface area contributed by atoms with Gasteiger partial charge >= 0.3 is 0 Å². The molecule has 0 unspecified atom stereocenters. The third-order valence-electron chi connectivity index (χ3n) is 2.85. The maximum absolute atomic E-state index is 12.0. The van der Waals surface area contributed by atoms with E-state index in [0.29, 0.717) is 16.3 Å². The molecule has 2 aromatic carbocycles. The molecule has 2 aromatic rings. The normalized spacial score (nSPS) is 11.2. The van der Waals surface area contributed by atoms with Crippen LogP contribution in [-0.4, -0.2) is 20.9 Å². The molecule has 0 radical (unpaired) electrons. The average Bonchev–Trinajstić information content (AvgIpc) is 2.50. The first-order valence-electron chi connectivity index (χ1n) is 6.61. The van der Waals surface area contributed by atoms with Crippen molar-refractivity contribution in [2.45, 2.75) is 5.75 Å². The van der Waals surface area contributed by atoms with E-state index in [-0.39, 0.29) is 12.3 Å². The first-order valence-corrected chi connectivity index (χ1v) is 9.43. The van der Waals surface area contributed by atoms with Gasteiger partial charge in [0.2, 0.25) is 15.9 Å². The molecule has 0 aliphatic carbocycles. The minimum Gasteiger partial charge on any atom is -0.325 e. The number of hydrogen-bond donors (Lipinski definition) is 2. The highest BCUT2D eigenvalue weighted by molar-refractivity contribution is 9.10. The average molecular weight is 418 g/mol. The molecule has 0 bridgehead atoms. The van der Waals surface area contributed by atoms with E-state index >= 15 is 0 Å². The van der Waals surface area contributed by atoms with Crippen LogP contribution in [0.15, 0.2) is 53.0 Å². The number of anilines is 1. The topological polar surface area (TPSA) is 75.3 Å². The molecule has 0 fully saturated rings. The summed E-state index contributed by atoms with van der Waals surface area (Å²) < 4.78 is 27.1. The lowest BCUT2D eigenvalue weighted by Crippen LogP contribution is -2.33. The van der Waals surface area contributed by atoms with Crippen LogP contribution in [0.5, 0.6) is 0 Å². The summed E-state index contributed by atoms with van der Waals surface area (Å²) in [6.07, 6.45) is 0. The van der Waals surface area contributed by atoms with Crippen molar-refractivity contribution in [1.29, 1.82) is 0 Å². The number of rotatable bonds is 6. The molecule has 122 valence electrons. The first kappa shape index (κ1) is 17.9. The Kier molecular flexibility index (Phi) is 6.17. The van der Waals surface area contributed by atoms with E-state index < -0.39 is 15.9 Å². The molecule has 2 rings (SSSR count). The summed E-state index contributed by atoms with van der Waals surface area (Å²) in [6.45, 7) is -0.332. The molecule has 0 aliphatic rings. The Balaban J connectivity index is 1.87. The summed E-state index contributed by atoms with van der Waals surface area (Å²) in [5, 5.41) is 3.14. The van der Waals surface area contributed by atoms with Crippen LogP contribution < -0.4 is 10.0 Å². The molecule has 23 heavy (non-hydrogen) atoms. The van der Waals surface area contributed by atoms with Gasteiger partial charge in [0.1, 0.15) is 0 Å². The molecule has 0 atom stereocenters. The summed E-state index contributed by atoms with van der Waals surface area (Å²) in [4.78, 5) is 11.8. The van der Waals surface area contributed by atoms with E-state index in [2.05, 4.69) is 26.0 Å². The van der Waals surface area contributed by atoms with Gasteiger partial charge < -0.3 is 5.32 Å². The van der Waals surface area contributed by atoms with Crippen molar-refractivity contribution in [2.75, 3.05) is 11.9 Å². The van der Waals surface area contributed by atoms with Crippen LogP contribution in [0.1, 0.15) is 5.56 Å². The molecule has 0 aliphatic heterocycles. The zero-order valence-corrected chi connectivity index (χ0v) is 15.1. The standard InChI is InChI=1S/C15H14BrClN2O3S/c16-12-3-1-11(2-4-12)10-23(21,22)18-9-15(20)19-14-7-5-13(17)6-8-14/h1-8,18H,9-10H2,(H,19,20). The highest BCUT2D eigenvalue weighted by Crippen LogP contribution is 2.14. The summed E-state index contributed by atoms with van der Waals surface area (Å²) >= 11 is 9.03. The van der Waals surface area contributed by atoms with Crippen LogP contribution in [0.3, 0.4) is 0 Å². The van der Waals surface area contributed by atoms with Crippen LogP contribution in [0, 0.1) is 0 Å². The van der Waals surface area contributed by atoms with Gasteiger partial charge in [0, 0.05) is 15.2 Å². The van der Waals surface area contributed by atoms with Crippen molar-refractivity contribution in [3.63, 3.8) is 0 Å². The van der Waals surface area contributed by atoms with Crippen LogP contribution >= 0.6 is 27.5 Å². The van der Waals surface area contributed by atoms with Gasteiger partial charge in [-0.2, -0.15) is 0 Å². The van der Waals surface area contributed by atoms with E-state index in [0.717, 1.165) is 4.47 Å². The minimum atomic E-state index is -3.59. The molecule has 0 saturated carbocycles. The highest BCUT2D eigenvalue weighted by Gasteiger charge is 2.13. The van der Waals surface area contributed by atoms with E-state index in [4.69, 9.17) is 11.6 Å². The van der Waals surface area contributed by atoms with Gasteiger partial charge in [0.05, 0.1) is 12.3 Å². The van der Waals surface area contributed by atoms with Crippen molar-refractivity contribution in [3.05, 3.63) is 63.6 Å². The van der Waals surface area contributed by atoms with Crippen LogP contribution in [0.2, 0.25) is 5.02 Å². The number of carbonyl (C=O) groups excluding carboxylic acids is 1. The summed E-state index contributed by atoms with van der Waals surface area (Å²) in [7, 11) is -3.59. The number of benzene rings is 2. The zero-order chi connectivity index (χ0) is 16.9. The molecule has 0 heterocycles. The lowest BCUT2D eigenvalue weighted by atomic mass is 10.2. The molecule has 8 heteroatoms. The van der Waals surface area contributed by atoms with Crippen LogP contribution in [0.4, 0.5) is 5.69 Å². The maximum atomic E-state index is 12.0.